The number of urea groups is 1. The summed E-state index contributed by atoms with van der Waals surface area (Å²) in [5.41, 5.74) is -0.601. The highest BCUT2D eigenvalue weighted by Crippen LogP contribution is 2.40. The second-order valence-corrected chi connectivity index (χ2v) is 8.67. The minimum atomic E-state index is -0.839. The molecule has 0 aliphatic carbocycles. The van der Waals surface area contributed by atoms with Crippen LogP contribution in [0.4, 0.5) is 14.9 Å². The number of ether oxygens (including phenoxy) is 1. The van der Waals surface area contributed by atoms with E-state index in [1.165, 1.54) is 12.1 Å². The number of anilines is 1. The van der Waals surface area contributed by atoms with Crippen molar-refractivity contribution >= 4 is 35.7 Å². The first-order valence-corrected chi connectivity index (χ1v) is 11.2. The highest BCUT2D eigenvalue weighted by atomic mass is 35.5. The van der Waals surface area contributed by atoms with E-state index in [0.717, 1.165) is 56.7 Å². The van der Waals surface area contributed by atoms with E-state index in [0.29, 0.717) is 25.3 Å². The predicted octanol–water partition coefficient (Wildman–Crippen LogP) is 3.23. The number of amides is 3. The van der Waals surface area contributed by atoms with E-state index < -0.39 is 11.4 Å². The summed E-state index contributed by atoms with van der Waals surface area (Å²) in [5.74, 6) is -0.258. The summed E-state index contributed by atoms with van der Waals surface area (Å²) in [6, 6.07) is 3.68. The number of piperidine rings is 1. The van der Waals surface area contributed by atoms with Crippen LogP contribution in [0.5, 0.6) is 0 Å². The van der Waals surface area contributed by atoms with Gasteiger partial charge in [-0.1, -0.05) is 11.6 Å². The second-order valence-electron chi connectivity index (χ2n) is 8.26. The van der Waals surface area contributed by atoms with Crippen molar-refractivity contribution in [3.8, 4) is 0 Å². The van der Waals surface area contributed by atoms with Crippen molar-refractivity contribution in [2.75, 3.05) is 44.3 Å². The normalized spacial score (nSPS) is 21.6. The summed E-state index contributed by atoms with van der Waals surface area (Å²) < 4.78 is 19.4. The summed E-state index contributed by atoms with van der Waals surface area (Å²) in [6.07, 6.45) is 3.36. The summed E-state index contributed by atoms with van der Waals surface area (Å²) >= 11 is 5.77. The van der Waals surface area contributed by atoms with Gasteiger partial charge in [-0.05, 0) is 56.7 Å². The lowest BCUT2D eigenvalue weighted by Crippen LogP contribution is -2.57. The summed E-state index contributed by atoms with van der Waals surface area (Å²) in [4.78, 5) is 40.0. The highest BCUT2D eigenvalue weighted by molar-refractivity contribution is 6.31. The number of carbonyl (C=O) groups is 3. The Balaban J connectivity index is 0.000000913. The maximum atomic E-state index is 14.0. The molecule has 3 heterocycles. The lowest BCUT2D eigenvalue weighted by Gasteiger charge is -2.43. The number of carboxylic acid groups (broad SMARTS) is 1. The Hall–Kier alpha value is -2.23. The van der Waals surface area contributed by atoms with Crippen LogP contribution in [0.2, 0.25) is 5.02 Å². The topological polar surface area (TPSA) is 90.4 Å². The van der Waals surface area contributed by atoms with Crippen LogP contribution in [-0.2, 0) is 14.3 Å². The number of hydrogen-bond acceptors (Lipinski definition) is 5. The van der Waals surface area contributed by atoms with Gasteiger partial charge in [0.25, 0.3) is 12.4 Å². The fourth-order valence-corrected chi connectivity index (χ4v) is 5.00. The van der Waals surface area contributed by atoms with Crippen molar-refractivity contribution in [1.82, 2.24) is 9.80 Å². The van der Waals surface area contributed by atoms with Gasteiger partial charge in [0.2, 0.25) is 0 Å². The van der Waals surface area contributed by atoms with Crippen molar-refractivity contribution in [3.05, 3.63) is 29.0 Å². The van der Waals surface area contributed by atoms with Crippen LogP contribution in [0.1, 0.15) is 32.6 Å². The maximum Gasteiger partial charge on any atom is 0.332 e. The predicted molar refractivity (Wildman–Crippen MR) is 117 cm³/mol. The van der Waals surface area contributed by atoms with Gasteiger partial charge < -0.3 is 19.6 Å². The van der Waals surface area contributed by atoms with Gasteiger partial charge in [-0.3, -0.25) is 9.59 Å². The number of carbonyl (C=O) groups excluding carboxylic acids is 2. The van der Waals surface area contributed by atoms with Crippen LogP contribution < -0.4 is 4.90 Å². The lowest BCUT2D eigenvalue weighted by molar-refractivity contribution is -0.127. The number of benzene rings is 1. The fourth-order valence-electron chi connectivity index (χ4n) is 4.89. The number of imide groups is 1. The van der Waals surface area contributed by atoms with Gasteiger partial charge in [0.1, 0.15) is 11.4 Å². The van der Waals surface area contributed by atoms with Crippen LogP contribution in [0, 0.1) is 11.7 Å². The fraction of sp³-hybridized carbons (Fsp3) is 0.591. The molecule has 0 unspecified atom stereocenters. The third-order valence-corrected chi connectivity index (χ3v) is 6.86. The van der Waals surface area contributed by atoms with Crippen LogP contribution in [0.3, 0.4) is 0 Å². The minimum Gasteiger partial charge on any atom is -0.483 e. The molecule has 3 amide bonds. The van der Waals surface area contributed by atoms with Gasteiger partial charge in [0.05, 0.1) is 10.7 Å². The maximum absolute atomic E-state index is 14.0. The molecule has 0 aromatic heterocycles. The molecule has 1 N–H and O–H groups in total. The van der Waals surface area contributed by atoms with Crippen LogP contribution in [0.15, 0.2) is 18.2 Å². The van der Waals surface area contributed by atoms with Gasteiger partial charge in [0, 0.05) is 39.4 Å². The number of halogens is 2. The third kappa shape index (κ3) is 4.74. The van der Waals surface area contributed by atoms with Crippen molar-refractivity contribution in [2.45, 2.75) is 38.1 Å². The first kappa shape index (κ1) is 24.4. The van der Waals surface area contributed by atoms with Crippen LogP contribution in [0.25, 0.3) is 0 Å². The van der Waals surface area contributed by atoms with Crippen LogP contribution in [-0.4, -0.2) is 78.2 Å². The van der Waals surface area contributed by atoms with Crippen molar-refractivity contribution in [3.63, 3.8) is 0 Å². The van der Waals surface area contributed by atoms with Gasteiger partial charge in [-0.15, -0.1) is 0 Å². The van der Waals surface area contributed by atoms with E-state index in [4.69, 9.17) is 26.2 Å². The number of rotatable bonds is 4. The van der Waals surface area contributed by atoms with E-state index in [9.17, 15) is 14.0 Å². The van der Waals surface area contributed by atoms with Gasteiger partial charge in [-0.25, -0.2) is 14.1 Å². The SMILES string of the molecule is CCN1C(=O)N(c2ccc(Cl)c(F)c2)C(=O)C12CCN(CC1CCOCC1)CC2.O=CO. The quantitative estimate of drug-likeness (QED) is 0.538. The molecular formula is C22H29ClFN3O5. The Labute approximate surface area is 191 Å². The molecule has 3 aliphatic heterocycles. The van der Waals surface area contributed by atoms with Gasteiger partial charge in [0.15, 0.2) is 0 Å². The Morgan fingerprint density at radius 2 is 1.88 bits per heavy atom. The molecular weight excluding hydrogens is 441 g/mol. The van der Waals surface area contributed by atoms with Crippen molar-refractivity contribution in [1.29, 1.82) is 0 Å². The number of nitrogens with zero attached hydrogens (tertiary/aromatic N) is 3. The Bertz CT molecular complexity index is 841. The van der Waals surface area contributed by atoms with Crippen LogP contribution >= 0.6 is 11.6 Å². The average Bonchev–Trinajstić information content (AvgIpc) is 2.99. The molecule has 0 bridgehead atoms. The second kappa shape index (κ2) is 10.6. The van der Waals surface area contributed by atoms with E-state index in [1.807, 2.05) is 6.92 Å². The zero-order chi connectivity index (χ0) is 23.3. The van der Waals surface area contributed by atoms with E-state index in [-0.39, 0.29) is 29.1 Å². The van der Waals surface area contributed by atoms with E-state index >= 15 is 0 Å². The zero-order valence-electron chi connectivity index (χ0n) is 18.1. The van der Waals surface area contributed by atoms with E-state index in [2.05, 4.69) is 4.90 Å². The number of likely N-dealkylation sites (N-methyl/N-ethyl adjacent to an activating group) is 1. The molecule has 1 spiro atoms. The van der Waals surface area contributed by atoms with Gasteiger partial charge >= 0.3 is 6.03 Å². The molecule has 3 saturated heterocycles. The number of hydrogen-bond donors (Lipinski definition) is 1. The molecule has 0 saturated carbocycles. The first-order chi connectivity index (χ1) is 15.4. The largest absolute Gasteiger partial charge is 0.483 e. The van der Waals surface area contributed by atoms with E-state index in [1.54, 1.807) is 4.90 Å². The molecule has 8 nitrogen and oxygen atoms in total. The Morgan fingerprint density at radius 3 is 2.44 bits per heavy atom. The molecule has 176 valence electrons. The minimum absolute atomic E-state index is 0.0312. The summed E-state index contributed by atoms with van der Waals surface area (Å²) in [6.45, 7) is 6.28. The molecule has 1 aromatic carbocycles. The monoisotopic (exact) mass is 469 g/mol. The molecule has 0 radical (unpaired) electrons. The van der Waals surface area contributed by atoms with Crippen molar-refractivity contribution < 1.29 is 28.6 Å². The van der Waals surface area contributed by atoms with Crippen molar-refractivity contribution in [2.24, 2.45) is 5.92 Å². The molecule has 4 rings (SSSR count). The first-order valence-electron chi connectivity index (χ1n) is 10.9. The average molecular weight is 470 g/mol. The molecule has 3 aliphatic rings. The molecule has 0 atom stereocenters. The summed E-state index contributed by atoms with van der Waals surface area (Å²) in [7, 11) is 0. The molecule has 3 fully saturated rings. The number of likely N-dealkylation sites (tertiary alicyclic amines) is 1. The lowest BCUT2D eigenvalue weighted by atomic mass is 9.85. The third-order valence-electron chi connectivity index (χ3n) is 6.56. The summed E-state index contributed by atoms with van der Waals surface area (Å²) in [5, 5.41) is 6.86. The van der Waals surface area contributed by atoms with Gasteiger partial charge in [-0.2, -0.15) is 0 Å². The Morgan fingerprint density at radius 1 is 1.25 bits per heavy atom. The molecule has 32 heavy (non-hydrogen) atoms. The smallest absolute Gasteiger partial charge is 0.332 e. The Kier molecular flexibility index (Phi) is 8.08. The molecule has 1 aromatic rings. The highest BCUT2D eigenvalue weighted by Gasteiger charge is 2.57. The standard InChI is InChI=1S/C21H27ClFN3O3.CH2O2/c1-2-25-20(28)26(16-3-4-17(22)18(23)13-16)19(27)21(25)7-9-24(10-8-21)14-15-5-11-29-12-6-15;2-1-3/h3-4,13,15H,2,5-12,14H2,1H3;1H,(H,2,3). The zero-order valence-corrected chi connectivity index (χ0v) is 18.9. The molecule has 10 heteroatoms.